The molecule has 1 amide bonds. The normalized spacial score (nSPS) is 11.9. The second-order valence-electron chi connectivity index (χ2n) is 4.69. The van der Waals surface area contributed by atoms with Gasteiger partial charge >= 0.3 is 0 Å². The molecule has 0 fully saturated rings. The summed E-state index contributed by atoms with van der Waals surface area (Å²) < 4.78 is 1.61. The lowest BCUT2D eigenvalue weighted by atomic mass is 10.3. The molecule has 0 saturated heterocycles. The predicted molar refractivity (Wildman–Crippen MR) is 87.3 cm³/mol. The molecule has 0 radical (unpaired) electrons. The summed E-state index contributed by atoms with van der Waals surface area (Å²) in [6, 6.07) is 13.0. The van der Waals surface area contributed by atoms with Crippen molar-refractivity contribution in [1.82, 2.24) is 25.2 Å². The van der Waals surface area contributed by atoms with Crippen molar-refractivity contribution < 1.29 is 4.79 Å². The predicted octanol–water partition coefficient (Wildman–Crippen LogP) is 2.18. The maximum atomic E-state index is 12.3. The first-order chi connectivity index (χ1) is 11.2. The Bertz CT molecular complexity index is 777. The zero-order chi connectivity index (χ0) is 16.1. The van der Waals surface area contributed by atoms with Crippen molar-refractivity contribution in [3.63, 3.8) is 0 Å². The number of thioether (sulfide) groups is 1. The molecule has 3 aromatic rings. The summed E-state index contributed by atoms with van der Waals surface area (Å²) in [6.07, 6.45) is 3.26. The third kappa shape index (κ3) is 3.72. The minimum atomic E-state index is -0.350. The molecule has 0 aliphatic rings. The van der Waals surface area contributed by atoms with Gasteiger partial charge in [-0.05, 0) is 41.6 Å². The standard InChI is InChI=1S/C15H14N6OS/c1-11(14(22)17-12-7-9-16-10-8-12)23-15-18-19-20-21(15)13-5-3-2-4-6-13/h2-11H,1H3,(H,16,17,22). The third-order valence-electron chi connectivity index (χ3n) is 3.04. The summed E-state index contributed by atoms with van der Waals surface area (Å²) in [7, 11) is 0. The number of nitrogens with one attached hydrogen (secondary N) is 1. The van der Waals surface area contributed by atoms with Crippen molar-refractivity contribution in [2.45, 2.75) is 17.3 Å². The summed E-state index contributed by atoms with van der Waals surface area (Å²) in [5.41, 5.74) is 1.56. The lowest BCUT2D eigenvalue weighted by Gasteiger charge is -2.11. The number of carbonyl (C=O) groups excluding carboxylic acids is 1. The number of amides is 1. The number of para-hydroxylation sites is 1. The molecule has 23 heavy (non-hydrogen) atoms. The van der Waals surface area contributed by atoms with Crippen molar-refractivity contribution in [2.75, 3.05) is 5.32 Å². The maximum Gasteiger partial charge on any atom is 0.237 e. The number of aromatic nitrogens is 5. The van der Waals surface area contributed by atoms with Crippen molar-refractivity contribution in [3.05, 3.63) is 54.9 Å². The van der Waals surface area contributed by atoms with E-state index in [1.807, 2.05) is 37.3 Å². The summed E-state index contributed by atoms with van der Waals surface area (Å²) in [4.78, 5) is 16.2. The molecule has 0 aliphatic heterocycles. The fourth-order valence-corrected chi connectivity index (χ4v) is 2.68. The van der Waals surface area contributed by atoms with E-state index in [4.69, 9.17) is 0 Å². The van der Waals surface area contributed by atoms with Crippen LogP contribution >= 0.6 is 11.8 Å². The van der Waals surface area contributed by atoms with Gasteiger partial charge in [0.15, 0.2) is 0 Å². The fraction of sp³-hybridized carbons (Fsp3) is 0.133. The fourth-order valence-electron chi connectivity index (χ4n) is 1.87. The van der Waals surface area contributed by atoms with Crippen LogP contribution in [-0.4, -0.2) is 36.3 Å². The van der Waals surface area contributed by atoms with Gasteiger partial charge in [0.2, 0.25) is 11.1 Å². The summed E-state index contributed by atoms with van der Waals surface area (Å²) in [6.45, 7) is 1.81. The lowest BCUT2D eigenvalue weighted by Crippen LogP contribution is -2.22. The summed E-state index contributed by atoms with van der Waals surface area (Å²) in [5, 5.41) is 14.7. The van der Waals surface area contributed by atoms with Gasteiger partial charge < -0.3 is 5.32 Å². The van der Waals surface area contributed by atoms with Crippen LogP contribution in [0.4, 0.5) is 5.69 Å². The van der Waals surface area contributed by atoms with E-state index in [0.29, 0.717) is 10.8 Å². The Labute approximate surface area is 137 Å². The number of hydrogen-bond donors (Lipinski definition) is 1. The molecule has 0 aliphatic carbocycles. The molecular weight excluding hydrogens is 312 g/mol. The zero-order valence-corrected chi connectivity index (χ0v) is 13.1. The molecule has 8 heteroatoms. The Balaban J connectivity index is 1.70. The zero-order valence-electron chi connectivity index (χ0n) is 12.3. The van der Waals surface area contributed by atoms with Crippen molar-refractivity contribution in [3.8, 4) is 5.69 Å². The Morgan fingerprint density at radius 2 is 1.91 bits per heavy atom. The number of hydrogen-bond acceptors (Lipinski definition) is 6. The SMILES string of the molecule is CC(Sc1nnnn1-c1ccccc1)C(=O)Nc1ccncc1. The Hall–Kier alpha value is -2.74. The van der Waals surface area contributed by atoms with Gasteiger partial charge in [0.25, 0.3) is 0 Å². The third-order valence-corrected chi connectivity index (χ3v) is 4.07. The topological polar surface area (TPSA) is 85.6 Å². The minimum absolute atomic E-state index is 0.121. The van der Waals surface area contributed by atoms with Crippen LogP contribution in [-0.2, 0) is 4.79 Å². The molecule has 0 bridgehead atoms. The molecular formula is C15H14N6OS. The highest BCUT2D eigenvalue weighted by Crippen LogP contribution is 2.23. The molecule has 0 saturated carbocycles. The van der Waals surface area contributed by atoms with Gasteiger partial charge in [-0.2, -0.15) is 4.68 Å². The molecule has 0 spiro atoms. The van der Waals surface area contributed by atoms with E-state index in [-0.39, 0.29) is 11.2 Å². The Morgan fingerprint density at radius 3 is 2.65 bits per heavy atom. The summed E-state index contributed by atoms with van der Waals surface area (Å²) >= 11 is 1.30. The number of pyridine rings is 1. The molecule has 1 atom stereocenters. The first-order valence-electron chi connectivity index (χ1n) is 6.95. The van der Waals surface area contributed by atoms with E-state index in [9.17, 15) is 4.79 Å². The molecule has 1 aromatic carbocycles. The smallest absolute Gasteiger partial charge is 0.237 e. The average molecular weight is 326 g/mol. The van der Waals surface area contributed by atoms with E-state index in [1.165, 1.54) is 11.8 Å². The quantitative estimate of drug-likeness (QED) is 0.723. The number of tetrazole rings is 1. The minimum Gasteiger partial charge on any atom is -0.325 e. The van der Waals surface area contributed by atoms with Crippen molar-refractivity contribution in [2.24, 2.45) is 0 Å². The van der Waals surface area contributed by atoms with Gasteiger partial charge in [-0.15, -0.1) is 5.10 Å². The largest absolute Gasteiger partial charge is 0.325 e. The van der Waals surface area contributed by atoms with Crippen LogP contribution < -0.4 is 5.32 Å². The van der Waals surface area contributed by atoms with E-state index < -0.39 is 0 Å². The van der Waals surface area contributed by atoms with Crippen molar-refractivity contribution >= 4 is 23.4 Å². The highest BCUT2D eigenvalue weighted by molar-refractivity contribution is 8.00. The highest BCUT2D eigenvalue weighted by atomic mass is 32.2. The molecule has 7 nitrogen and oxygen atoms in total. The number of rotatable bonds is 5. The molecule has 1 N–H and O–H groups in total. The van der Waals surface area contributed by atoms with Crippen LogP contribution in [0.5, 0.6) is 0 Å². The molecule has 2 heterocycles. The summed E-state index contributed by atoms with van der Waals surface area (Å²) in [5.74, 6) is -0.121. The number of anilines is 1. The van der Waals surface area contributed by atoms with Gasteiger partial charge in [0.1, 0.15) is 0 Å². The van der Waals surface area contributed by atoms with Gasteiger partial charge in [-0.1, -0.05) is 30.0 Å². The van der Waals surface area contributed by atoms with Crippen LogP contribution in [0.3, 0.4) is 0 Å². The van der Waals surface area contributed by atoms with E-state index >= 15 is 0 Å². The molecule has 116 valence electrons. The van der Waals surface area contributed by atoms with Gasteiger partial charge in [-0.25, -0.2) is 0 Å². The molecule has 3 rings (SSSR count). The average Bonchev–Trinajstić information content (AvgIpc) is 3.04. The van der Waals surface area contributed by atoms with Crippen LogP contribution in [0.2, 0.25) is 0 Å². The van der Waals surface area contributed by atoms with E-state index in [0.717, 1.165) is 5.69 Å². The Kier molecular flexibility index (Phi) is 4.62. The van der Waals surface area contributed by atoms with Crippen LogP contribution in [0, 0.1) is 0 Å². The number of carbonyl (C=O) groups is 1. The second kappa shape index (κ2) is 7.01. The molecule has 1 unspecified atom stereocenters. The lowest BCUT2D eigenvalue weighted by molar-refractivity contribution is -0.115. The van der Waals surface area contributed by atoms with Crippen LogP contribution in [0.1, 0.15) is 6.92 Å². The van der Waals surface area contributed by atoms with Crippen LogP contribution in [0.25, 0.3) is 5.69 Å². The Morgan fingerprint density at radius 1 is 1.17 bits per heavy atom. The van der Waals surface area contributed by atoms with Gasteiger partial charge in [-0.3, -0.25) is 9.78 Å². The van der Waals surface area contributed by atoms with E-state index in [2.05, 4.69) is 25.8 Å². The first-order valence-corrected chi connectivity index (χ1v) is 7.83. The number of nitrogens with zero attached hydrogens (tertiary/aromatic N) is 5. The maximum absolute atomic E-state index is 12.3. The monoisotopic (exact) mass is 326 g/mol. The highest BCUT2D eigenvalue weighted by Gasteiger charge is 2.19. The molecule has 2 aromatic heterocycles. The van der Waals surface area contributed by atoms with Crippen molar-refractivity contribution in [1.29, 1.82) is 0 Å². The van der Waals surface area contributed by atoms with Crippen LogP contribution in [0.15, 0.2) is 60.0 Å². The van der Waals surface area contributed by atoms with Gasteiger partial charge in [0.05, 0.1) is 10.9 Å². The number of benzene rings is 1. The second-order valence-corrected chi connectivity index (χ2v) is 6.00. The van der Waals surface area contributed by atoms with Gasteiger partial charge in [0, 0.05) is 18.1 Å². The first kappa shape index (κ1) is 15.2. The van der Waals surface area contributed by atoms with E-state index in [1.54, 1.807) is 29.2 Å².